The van der Waals surface area contributed by atoms with E-state index in [0.29, 0.717) is 78.3 Å². The van der Waals surface area contributed by atoms with Gasteiger partial charge >= 0.3 is 0 Å². The molecule has 0 fully saturated rings. The molecule has 10 nitrogen and oxygen atoms in total. The van der Waals surface area contributed by atoms with Gasteiger partial charge in [-0.15, -0.1) is 0 Å². The van der Waals surface area contributed by atoms with Crippen LogP contribution in [0.1, 0.15) is 56.7 Å². The highest BCUT2D eigenvalue weighted by Crippen LogP contribution is 2.26. The normalized spacial score (nSPS) is 12.7. The predicted octanol–water partition coefficient (Wildman–Crippen LogP) is 3.45. The minimum atomic E-state index is -0.200. The Balaban J connectivity index is 1.18. The second-order valence-corrected chi connectivity index (χ2v) is 11.1. The number of nitrogens with one attached hydrogen (secondary N) is 2. The van der Waals surface area contributed by atoms with Crippen molar-refractivity contribution in [3.8, 4) is 11.8 Å². The van der Waals surface area contributed by atoms with Crippen molar-refractivity contribution < 1.29 is 33.3 Å². The van der Waals surface area contributed by atoms with E-state index < -0.39 is 0 Å². The Bertz CT molecular complexity index is 1290. The predicted molar refractivity (Wildman–Crippen MR) is 173 cm³/mol. The molecule has 0 unspecified atom stereocenters. The highest BCUT2D eigenvalue weighted by Gasteiger charge is 2.21. The summed E-state index contributed by atoms with van der Waals surface area (Å²) in [7, 11) is 0. The SMILES string of the molecule is CC(C)[C@@H](C)NC(=O)CCOCCOCCOCCOCCNC(=O)CCC(=O)N1Cc2ccccc2C#Cc2ccccc21. The molecule has 1 aliphatic rings. The number of carbonyl (C=O) groups excluding carboxylic acids is 3. The van der Waals surface area contributed by atoms with Crippen LogP contribution in [-0.4, -0.2) is 83.2 Å². The smallest absolute Gasteiger partial charge is 0.227 e. The molecule has 3 rings (SSSR count). The largest absolute Gasteiger partial charge is 0.379 e. The Labute approximate surface area is 267 Å². The van der Waals surface area contributed by atoms with Gasteiger partial charge in [0.05, 0.1) is 65.1 Å². The Kier molecular flexibility index (Phi) is 16.1. The summed E-state index contributed by atoms with van der Waals surface area (Å²) in [4.78, 5) is 39.1. The molecule has 0 spiro atoms. The van der Waals surface area contributed by atoms with Crippen LogP contribution in [0.5, 0.6) is 0 Å². The fourth-order valence-corrected chi connectivity index (χ4v) is 4.33. The molecule has 2 N–H and O–H groups in total. The maximum absolute atomic E-state index is 13.2. The zero-order valence-corrected chi connectivity index (χ0v) is 26.8. The molecule has 45 heavy (non-hydrogen) atoms. The molecule has 1 heterocycles. The van der Waals surface area contributed by atoms with Crippen molar-refractivity contribution in [2.45, 2.75) is 52.6 Å². The zero-order valence-electron chi connectivity index (χ0n) is 26.8. The van der Waals surface area contributed by atoms with Crippen LogP contribution in [0.25, 0.3) is 0 Å². The monoisotopic (exact) mass is 621 g/mol. The fourth-order valence-electron chi connectivity index (χ4n) is 4.33. The third-order valence-corrected chi connectivity index (χ3v) is 7.29. The number of carbonyl (C=O) groups is 3. The molecule has 10 heteroatoms. The summed E-state index contributed by atoms with van der Waals surface area (Å²) in [5, 5.41) is 5.75. The van der Waals surface area contributed by atoms with Gasteiger partial charge in [-0.1, -0.05) is 56.0 Å². The zero-order chi connectivity index (χ0) is 32.3. The molecule has 0 aromatic heterocycles. The lowest BCUT2D eigenvalue weighted by atomic mass is 10.0. The van der Waals surface area contributed by atoms with Crippen molar-refractivity contribution in [3.63, 3.8) is 0 Å². The topological polar surface area (TPSA) is 115 Å². The average molecular weight is 622 g/mol. The number of rotatable bonds is 20. The summed E-state index contributed by atoms with van der Waals surface area (Å²) in [6.07, 6.45) is 0.517. The average Bonchev–Trinajstić information content (AvgIpc) is 3.02. The minimum absolute atomic E-state index is 0.00402. The van der Waals surface area contributed by atoms with Crippen molar-refractivity contribution in [3.05, 3.63) is 65.2 Å². The van der Waals surface area contributed by atoms with Gasteiger partial charge in [0.1, 0.15) is 0 Å². The quantitative estimate of drug-likeness (QED) is 0.172. The molecular formula is C35H47N3O7. The van der Waals surface area contributed by atoms with E-state index in [-0.39, 0.29) is 36.6 Å². The summed E-state index contributed by atoms with van der Waals surface area (Å²) in [5.74, 6) is 6.46. The second kappa shape index (κ2) is 20.3. The number of ether oxygens (including phenoxy) is 4. The lowest BCUT2D eigenvalue weighted by Crippen LogP contribution is -2.36. The van der Waals surface area contributed by atoms with E-state index in [1.165, 1.54) is 0 Å². The summed E-state index contributed by atoms with van der Waals surface area (Å²) in [6, 6.07) is 15.5. The lowest BCUT2D eigenvalue weighted by molar-refractivity contribution is -0.125. The Hall–Kier alpha value is -3.75. The van der Waals surface area contributed by atoms with Crippen molar-refractivity contribution in [1.82, 2.24) is 10.6 Å². The minimum Gasteiger partial charge on any atom is -0.379 e. The van der Waals surface area contributed by atoms with Crippen molar-refractivity contribution in [2.75, 3.05) is 64.3 Å². The van der Waals surface area contributed by atoms with Gasteiger partial charge < -0.3 is 34.5 Å². The Morgan fingerprint density at radius 3 is 1.98 bits per heavy atom. The number of nitrogens with zero attached hydrogens (tertiary/aromatic N) is 1. The van der Waals surface area contributed by atoms with E-state index in [1.54, 1.807) is 4.90 Å². The van der Waals surface area contributed by atoms with Crippen LogP contribution >= 0.6 is 0 Å². The van der Waals surface area contributed by atoms with Gasteiger partial charge in [0, 0.05) is 43.0 Å². The molecule has 1 aliphatic heterocycles. The molecule has 0 aliphatic carbocycles. The third-order valence-electron chi connectivity index (χ3n) is 7.29. The first kappa shape index (κ1) is 35.7. The van der Waals surface area contributed by atoms with Crippen LogP contribution in [0.4, 0.5) is 5.69 Å². The molecule has 3 amide bonds. The van der Waals surface area contributed by atoms with Gasteiger partial charge in [0.2, 0.25) is 17.7 Å². The van der Waals surface area contributed by atoms with Gasteiger partial charge in [0.25, 0.3) is 0 Å². The number of amides is 3. The summed E-state index contributed by atoms with van der Waals surface area (Å²) >= 11 is 0. The van der Waals surface area contributed by atoms with Crippen LogP contribution in [0.3, 0.4) is 0 Å². The number of para-hydroxylation sites is 1. The fraction of sp³-hybridized carbons (Fsp3) is 0.514. The molecule has 0 saturated carbocycles. The Morgan fingerprint density at radius 1 is 0.711 bits per heavy atom. The van der Waals surface area contributed by atoms with Crippen molar-refractivity contribution in [1.29, 1.82) is 0 Å². The summed E-state index contributed by atoms with van der Waals surface area (Å²) in [5.41, 5.74) is 3.41. The highest BCUT2D eigenvalue weighted by molar-refractivity contribution is 5.96. The molecule has 2 aromatic carbocycles. The van der Waals surface area contributed by atoms with E-state index in [9.17, 15) is 14.4 Å². The van der Waals surface area contributed by atoms with E-state index in [0.717, 1.165) is 22.4 Å². The Morgan fingerprint density at radius 2 is 1.29 bits per heavy atom. The van der Waals surface area contributed by atoms with Gasteiger partial charge in [-0.25, -0.2) is 0 Å². The highest BCUT2D eigenvalue weighted by atomic mass is 16.6. The third kappa shape index (κ3) is 13.4. The van der Waals surface area contributed by atoms with Gasteiger partial charge in [0.15, 0.2) is 0 Å². The first-order valence-corrected chi connectivity index (χ1v) is 15.7. The second-order valence-electron chi connectivity index (χ2n) is 11.1. The van der Waals surface area contributed by atoms with Crippen LogP contribution < -0.4 is 15.5 Å². The lowest BCUT2D eigenvalue weighted by Gasteiger charge is -2.26. The summed E-state index contributed by atoms with van der Waals surface area (Å²) < 4.78 is 21.9. The first-order valence-electron chi connectivity index (χ1n) is 15.7. The van der Waals surface area contributed by atoms with Crippen molar-refractivity contribution >= 4 is 23.4 Å². The van der Waals surface area contributed by atoms with Crippen LogP contribution in [0.15, 0.2) is 48.5 Å². The van der Waals surface area contributed by atoms with Crippen molar-refractivity contribution in [2.24, 2.45) is 5.92 Å². The molecule has 0 radical (unpaired) electrons. The molecule has 0 saturated heterocycles. The molecule has 0 bridgehead atoms. The number of benzene rings is 2. The van der Waals surface area contributed by atoms with E-state index in [4.69, 9.17) is 18.9 Å². The number of fused-ring (bicyclic) bond motifs is 2. The molecule has 1 atom stereocenters. The number of hydrogen-bond acceptors (Lipinski definition) is 7. The standard InChI is InChI=1S/C35H47N3O7/c1-27(2)28(3)37-34(40)16-18-42-20-22-44-24-25-45-23-21-43-19-17-36-33(39)14-15-35(41)38-26-31-10-5-4-8-29(31)12-13-30-9-6-7-11-32(30)38/h4-11,27-28H,14-26H2,1-3H3,(H,36,39)(H,37,40)/t28-/m1/s1. The van der Waals surface area contributed by atoms with Gasteiger partial charge in [-0.05, 0) is 36.6 Å². The van der Waals surface area contributed by atoms with E-state index in [2.05, 4.69) is 36.3 Å². The first-order chi connectivity index (χ1) is 21.8. The van der Waals surface area contributed by atoms with Gasteiger partial charge in [-0.3, -0.25) is 14.4 Å². The maximum atomic E-state index is 13.2. The van der Waals surface area contributed by atoms with Crippen LogP contribution in [0.2, 0.25) is 0 Å². The number of anilines is 1. The van der Waals surface area contributed by atoms with E-state index in [1.807, 2.05) is 55.5 Å². The molecule has 244 valence electrons. The number of hydrogen-bond donors (Lipinski definition) is 2. The summed E-state index contributed by atoms with van der Waals surface area (Å²) in [6.45, 7) is 10.1. The van der Waals surface area contributed by atoms with Gasteiger partial charge in [-0.2, -0.15) is 0 Å². The molecule has 2 aromatic rings. The molecular weight excluding hydrogens is 574 g/mol. The van der Waals surface area contributed by atoms with Crippen LogP contribution in [0, 0.1) is 17.8 Å². The van der Waals surface area contributed by atoms with E-state index >= 15 is 0 Å². The van der Waals surface area contributed by atoms with Crippen LogP contribution in [-0.2, 0) is 39.9 Å². The maximum Gasteiger partial charge on any atom is 0.227 e.